The van der Waals surface area contributed by atoms with Crippen LogP contribution in [0.4, 0.5) is 5.82 Å². The van der Waals surface area contributed by atoms with Crippen LogP contribution < -0.4 is 9.64 Å². The van der Waals surface area contributed by atoms with Gasteiger partial charge in [-0.25, -0.2) is 18.4 Å². The maximum absolute atomic E-state index is 12.8. The van der Waals surface area contributed by atoms with Gasteiger partial charge in [-0.1, -0.05) is 17.7 Å². The molecule has 1 aliphatic rings. The minimum absolute atomic E-state index is 0.240. The minimum atomic E-state index is -3.50. The lowest BCUT2D eigenvalue weighted by atomic mass is 10.2. The van der Waals surface area contributed by atoms with E-state index < -0.39 is 10.0 Å². The number of aryl methyl sites for hydroxylation is 1. The average molecular weight is 362 g/mol. The van der Waals surface area contributed by atoms with Gasteiger partial charge in [0, 0.05) is 33.0 Å². The Morgan fingerprint density at radius 2 is 1.84 bits per heavy atom. The Kier molecular flexibility index (Phi) is 4.91. The van der Waals surface area contributed by atoms with Gasteiger partial charge in [0.25, 0.3) is 5.88 Å². The molecule has 0 bridgehead atoms. The molecule has 1 aliphatic heterocycles. The normalized spacial score (nSPS) is 18.3. The molecule has 0 radical (unpaired) electrons. The van der Waals surface area contributed by atoms with Crippen molar-refractivity contribution in [2.45, 2.75) is 24.3 Å². The monoisotopic (exact) mass is 362 g/mol. The van der Waals surface area contributed by atoms with E-state index in [0.717, 1.165) is 5.56 Å². The molecule has 8 heteroatoms. The number of hydrogen-bond donors (Lipinski definition) is 0. The molecule has 1 aromatic carbocycles. The third-order valence-electron chi connectivity index (χ3n) is 4.11. The lowest BCUT2D eigenvalue weighted by Gasteiger charge is -2.19. The third-order valence-corrected chi connectivity index (χ3v) is 5.99. The van der Waals surface area contributed by atoms with Crippen molar-refractivity contribution in [2.24, 2.45) is 0 Å². The van der Waals surface area contributed by atoms with E-state index in [9.17, 15) is 8.42 Å². The van der Waals surface area contributed by atoms with E-state index >= 15 is 0 Å². The van der Waals surface area contributed by atoms with Gasteiger partial charge in [-0.3, -0.25) is 0 Å². The molecule has 25 heavy (non-hydrogen) atoms. The highest BCUT2D eigenvalue weighted by molar-refractivity contribution is 7.89. The minimum Gasteiger partial charge on any atom is -0.470 e. The number of aromatic nitrogens is 2. The zero-order valence-electron chi connectivity index (χ0n) is 14.6. The lowest BCUT2D eigenvalue weighted by molar-refractivity contribution is 0.207. The van der Waals surface area contributed by atoms with Crippen molar-refractivity contribution in [3.63, 3.8) is 0 Å². The molecule has 0 N–H and O–H groups in total. The Morgan fingerprint density at radius 1 is 1.16 bits per heavy atom. The van der Waals surface area contributed by atoms with Gasteiger partial charge in [-0.05, 0) is 25.5 Å². The van der Waals surface area contributed by atoms with Crippen molar-refractivity contribution in [1.82, 2.24) is 14.3 Å². The largest absolute Gasteiger partial charge is 0.470 e. The highest BCUT2D eigenvalue weighted by Gasteiger charge is 2.34. The molecule has 1 atom stereocenters. The maximum Gasteiger partial charge on any atom is 0.257 e. The average Bonchev–Trinajstić information content (AvgIpc) is 3.05. The van der Waals surface area contributed by atoms with Crippen molar-refractivity contribution >= 4 is 15.8 Å². The highest BCUT2D eigenvalue weighted by Crippen LogP contribution is 2.27. The fourth-order valence-corrected chi connectivity index (χ4v) is 4.22. The summed E-state index contributed by atoms with van der Waals surface area (Å²) >= 11 is 0. The van der Waals surface area contributed by atoms with E-state index in [4.69, 9.17) is 4.74 Å². The molecule has 3 rings (SSSR count). The van der Waals surface area contributed by atoms with Crippen molar-refractivity contribution in [3.8, 4) is 5.88 Å². The second-order valence-corrected chi connectivity index (χ2v) is 8.22. The molecule has 1 unspecified atom stereocenters. The Morgan fingerprint density at radius 3 is 2.52 bits per heavy atom. The molecule has 0 aliphatic carbocycles. The number of nitrogens with zero attached hydrogens (tertiary/aromatic N) is 4. The molecule has 2 heterocycles. The second-order valence-electron chi connectivity index (χ2n) is 6.28. The van der Waals surface area contributed by atoms with Crippen LogP contribution in [0.25, 0.3) is 0 Å². The Hall–Kier alpha value is -2.19. The van der Waals surface area contributed by atoms with Gasteiger partial charge < -0.3 is 9.64 Å². The van der Waals surface area contributed by atoms with Crippen molar-refractivity contribution < 1.29 is 13.2 Å². The summed E-state index contributed by atoms with van der Waals surface area (Å²) in [4.78, 5) is 10.6. The van der Waals surface area contributed by atoms with Crippen molar-refractivity contribution in [2.75, 3.05) is 32.1 Å². The quantitative estimate of drug-likeness (QED) is 0.806. The zero-order valence-corrected chi connectivity index (χ0v) is 15.4. The number of hydrogen-bond acceptors (Lipinski definition) is 6. The van der Waals surface area contributed by atoms with Gasteiger partial charge in [0.15, 0.2) is 5.82 Å². The Bertz CT molecular complexity index is 837. The lowest BCUT2D eigenvalue weighted by Crippen LogP contribution is -2.31. The molecule has 1 fully saturated rings. The van der Waals surface area contributed by atoms with Gasteiger partial charge in [-0.15, -0.1) is 0 Å². The molecular weight excluding hydrogens is 340 g/mol. The number of ether oxygens (including phenoxy) is 1. The van der Waals surface area contributed by atoms with E-state index in [1.807, 2.05) is 25.9 Å². The predicted octanol–water partition coefficient (Wildman–Crippen LogP) is 1.69. The van der Waals surface area contributed by atoms with Crippen LogP contribution in [-0.4, -0.2) is 56.0 Å². The highest BCUT2D eigenvalue weighted by atomic mass is 32.2. The van der Waals surface area contributed by atoms with E-state index in [1.165, 1.54) is 4.31 Å². The summed E-state index contributed by atoms with van der Waals surface area (Å²) in [5, 5.41) is 0. The summed E-state index contributed by atoms with van der Waals surface area (Å²) in [5.41, 5.74) is 1.03. The first kappa shape index (κ1) is 17.6. The van der Waals surface area contributed by atoms with Gasteiger partial charge in [0.2, 0.25) is 10.0 Å². The first-order valence-corrected chi connectivity index (χ1v) is 9.54. The van der Waals surface area contributed by atoms with Gasteiger partial charge in [0.05, 0.1) is 11.4 Å². The van der Waals surface area contributed by atoms with Gasteiger partial charge >= 0.3 is 0 Å². The summed E-state index contributed by atoms with van der Waals surface area (Å²) in [6.45, 7) is 2.66. The van der Waals surface area contributed by atoms with Crippen molar-refractivity contribution in [3.05, 3.63) is 42.2 Å². The molecule has 1 aromatic heterocycles. The maximum atomic E-state index is 12.8. The van der Waals surface area contributed by atoms with E-state index in [-0.39, 0.29) is 6.10 Å². The van der Waals surface area contributed by atoms with E-state index in [0.29, 0.717) is 36.1 Å². The second kappa shape index (κ2) is 6.97. The fourth-order valence-electron chi connectivity index (χ4n) is 2.74. The summed E-state index contributed by atoms with van der Waals surface area (Å²) in [5.74, 6) is 1.05. The van der Waals surface area contributed by atoms with Gasteiger partial charge in [-0.2, -0.15) is 4.31 Å². The van der Waals surface area contributed by atoms with Crippen molar-refractivity contribution in [1.29, 1.82) is 0 Å². The van der Waals surface area contributed by atoms with Crippen LogP contribution in [0.5, 0.6) is 5.88 Å². The third kappa shape index (κ3) is 3.74. The topological polar surface area (TPSA) is 75.6 Å². The summed E-state index contributed by atoms with van der Waals surface area (Å²) in [6.07, 6.45) is 3.55. The molecule has 0 spiro atoms. The van der Waals surface area contributed by atoms with E-state index in [1.54, 1.807) is 36.7 Å². The molecule has 2 aromatic rings. The Labute approximate surface area is 148 Å². The smallest absolute Gasteiger partial charge is 0.257 e. The van der Waals surface area contributed by atoms with Crippen LogP contribution in [0.15, 0.2) is 41.6 Å². The van der Waals surface area contributed by atoms with Crippen LogP contribution >= 0.6 is 0 Å². The summed E-state index contributed by atoms with van der Waals surface area (Å²) in [6, 6.07) is 6.90. The van der Waals surface area contributed by atoms with Gasteiger partial charge in [0.1, 0.15) is 6.10 Å². The van der Waals surface area contributed by atoms with Crippen LogP contribution in [0.1, 0.15) is 12.0 Å². The summed E-state index contributed by atoms with van der Waals surface area (Å²) in [7, 11) is 0.221. The van der Waals surface area contributed by atoms with Crippen LogP contribution in [0.3, 0.4) is 0 Å². The zero-order chi connectivity index (χ0) is 18.0. The first-order valence-electron chi connectivity index (χ1n) is 8.10. The molecule has 134 valence electrons. The molecular formula is C17H22N4O3S. The molecule has 1 saturated heterocycles. The van der Waals surface area contributed by atoms with Crippen LogP contribution in [-0.2, 0) is 10.0 Å². The summed E-state index contributed by atoms with van der Waals surface area (Å²) < 4.78 is 32.9. The molecule has 0 saturated carbocycles. The molecule has 7 nitrogen and oxygen atoms in total. The standard InChI is InChI=1S/C17H22N4O3S/c1-13-4-6-15(7-5-13)25(22,23)21-11-8-14(12-21)24-17-16(20(2)3)18-9-10-19-17/h4-7,9-10,14H,8,11-12H2,1-3H3. The van der Waals surface area contributed by atoms with Crippen LogP contribution in [0.2, 0.25) is 0 Å². The Balaban J connectivity index is 1.73. The number of anilines is 1. The number of benzene rings is 1. The SMILES string of the molecule is Cc1ccc(S(=O)(=O)N2CCC(Oc3nccnc3N(C)C)C2)cc1. The van der Waals surface area contributed by atoms with E-state index in [2.05, 4.69) is 9.97 Å². The number of sulfonamides is 1. The fraction of sp³-hybridized carbons (Fsp3) is 0.412. The number of rotatable bonds is 5. The van der Waals surface area contributed by atoms with Crippen LogP contribution in [0, 0.1) is 6.92 Å². The first-order chi connectivity index (χ1) is 11.9. The molecule has 0 amide bonds. The predicted molar refractivity (Wildman–Crippen MR) is 95.3 cm³/mol.